The van der Waals surface area contributed by atoms with E-state index < -0.39 is 0 Å². The molecule has 0 saturated heterocycles. The lowest BCUT2D eigenvalue weighted by atomic mass is 10.0. The molecule has 2 heterocycles. The van der Waals surface area contributed by atoms with E-state index in [0.717, 1.165) is 38.9 Å². The summed E-state index contributed by atoms with van der Waals surface area (Å²) in [4.78, 5) is 6.20. The van der Waals surface area contributed by atoms with Crippen molar-refractivity contribution in [3.05, 3.63) is 77.1 Å². The molecule has 2 aromatic rings. The van der Waals surface area contributed by atoms with Crippen molar-refractivity contribution in [1.29, 1.82) is 0 Å². The molecule has 1 aliphatic carbocycles. The molecule has 1 aromatic carbocycles. The smallest absolute Gasteiger partial charge is 0.0418 e. The number of hydrogen-bond donors (Lipinski definition) is 1. The van der Waals surface area contributed by atoms with Gasteiger partial charge in [-0.2, -0.15) is 0 Å². The summed E-state index contributed by atoms with van der Waals surface area (Å²) in [6.07, 6.45) is 10.1. The van der Waals surface area contributed by atoms with Gasteiger partial charge in [-0.15, -0.1) is 0 Å². The molecule has 1 aromatic heterocycles. The standard InChI is InChI=1S/C20H22N2/c1-3-7-16(8-4-1)14-22-12-11-19-18(15-22)13-20(21-19)17-9-5-2-6-10-17/h1-5,7-9,13,21H,6,10-12,14-15H2. The van der Waals surface area contributed by atoms with Crippen LogP contribution in [0.5, 0.6) is 0 Å². The molecule has 0 radical (unpaired) electrons. The Morgan fingerprint density at radius 3 is 2.82 bits per heavy atom. The van der Waals surface area contributed by atoms with Crippen molar-refractivity contribution in [1.82, 2.24) is 9.88 Å². The Hall–Kier alpha value is -2.06. The molecule has 22 heavy (non-hydrogen) atoms. The predicted molar refractivity (Wildman–Crippen MR) is 91.4 cm³/mol. The number of H-pyrrole nitrogens is 1. The van der Waals surface area contributed by atoms with Crippen LogP contribution in [0, 0.1) is 0 Å². The second kappa shape index (κ2) is 5.98. The van der Waals surface area contributed by atoms with Gasteiger partial charge in [0.15, 0.2) is 0 Å². The van der Waals surface area contributed by atoms with E-state index in [-0.39, 0.29) is 0 Å². The molecule has 0 spiro atoms. The molecular formula is C20H22N2. The Morgan fingerprint density at radius 1 is 1.09 bits per heavy atom. The first-order valence-electron chi connectivity index (χ1n) is 8.21. The molecule has 1 aliphatic heterocycles. The lowest BCUT2D eigenvalue weighted by Crippen LogP contribution is -2.29. The highest BCUT2D eigenvalue weighted by atomic mass is 15.1. The van der Waals surface area contributed by atoms with Crippen LogP contribution in [-0.2, 0) is 19.5 Å². The van der Waals surface area contributed by atoms with Gasteiger partial charge in [-0.3, -0.25) is 4.90 Å². The molecule has 0 fully saturated rings. The van der Waals surface area contributed by atoms with Crippen LogP contribution in [0.3, 0.4) is 0 Å². The van der Waals surface area contributed by atoms with Crippen LogP contribution in [0.15, 0.2) is 54.6 Å². The molecule has 0 amide bonds. The summed E-state index contributed by atoms with van der Waals surface area (Å²) >= 11 is 0. The zero-order valence-electron chi connectivity index (χ0n) is 12.9. The van der Waals surface area contributed by atoms with Crippen molar-refractivity contribution in [2.45, 2.75) is 32.4 Å². The fourth-order valence-electron chi connectivity index (χ4n) is 3.47. The van der Waals surface area contributed by atoms with Crippen LogP contribution in [0.1, 0.15) is 35.4 Å². The number of hydrogen-bond acceptors (Lipinski definition) is 1. The number of aromatic amines is 1. The highest BCUT2D eigenvalue weighted by Crippen LogP contribution is 2.28. The zero-order chi connectivity index (χ0) is 14.8. The van der Waals surface area contributed by atoms with Gasteiger partial charge < -0.3 is 4.98 Å². The Kier molecular flexibility index (Phi) is 3.69. The van der Waals surface area contributed by atoms with Crippen molar-refractivity contribution in [3.8, 4) is 0 Å². The topological polar surface area (TPSA) is 19.0 Å². The van der Waals surface area contributed by atoms with Gasteiger partial charge in [0.25, 0.3) is 0 Å². The van der Waals surface area contributed by atoms with Crippen molar-refractivity contribution in [3.63, 3.8) is 0 Å². The SMILES string of the molecule is C1=CCCC(c2cc3c([nH]2)CCN(Cc2ccccc2)C3)=C1. The van der Waals surface area contributed by atoms with E-state index in [1.165, 1.54) is 28.1 Å². The van der Waals surface area contributed by atoms with Gasteiger partial charge in [0.2, 0.25) is 0 Å². The summed E-state index contributed by atoms with van der Waals surface area (Å²) in [5.74, 6) is 0. The maximum absolute atomic E-state index is 3.66. The Bertz CT molecular complexity index is 707. The summed E-state index contributed by atoms with van der Waals surface area (Å²) in [5.41, 5.74) is 7.10. The molecule has 0 atom stereocenters. The summed E-state index contributed by atoms with van der Waals surface area (Å²) in [6, 6.07) is 13.2. The number of nitrogens with one attached hydrogen (secondary N) is 1. The number of fused-ring (bicyclic) bond motifs is 1. The molecule has 2 heteroatoms. The Balaban J connectivity index is 1.50. The first kappa shape index (κ1) is 13.6. The maximum atomic E-state index is 3.66. The molecule has 2 aliphatic rings. The molecule has 0 unspecified atom stereocenters. The van der Waals surface area contributed by atoms with Crippen LogP contribution in [0.4, 0.5) is 0 Å². The minimum atomic E-state index is 1.05. The van der Waals surface area contributed by atoms with Crippen LogP contribution >= 0.6 is 0 Å². The van der Waals surface area contributed by atoms with Crippen molar-refractivity contribution < 1.29 is 0 Å². The average Bonchev–Trinajstić information content (AvgIpc) is 3.00. The molecule has 2 nitrogen and oxygen atoms in total. The van der Waals surface area contributed by atoms with E-state index in [9.17, 15) is 0 Å². The molecule has 0 saturated carbocycles. The first-order valence-corrected chi connectivity index (χ1v) is 8.21. The monoisotopic (exact) mass is 290 g/mol. The van der Waals surface area contributed by atoms with E-state index in [0.29, 0.717) is 0 Å². The molecule has 112 valence electrons. The third-order valence-corrected chi connectivity index (χ3v) is 4.67. The fourth-order valence-corrected chi connectivity index (χ4v) is 3.47. The number of aromatic nitrogens is 1. The van der Waals surface area contributed by atoms with Crippen molar-refractivity contribution >= 4 is 5.57 Å². The van der Waals surface area contributed by atoms with E-state index >= 15 is 0 Å². The Morgan fingerprint density at radius 2 is 2.00 bits per heavy atom. The summed E-state index contributed by atoms with van der Waals surface area (Å²) in [7, 11) is 0. The maximum Gasteiger partial charge on any atom is 0.0418 e. The highest BCUT2D eigenvalue weighted by molar-refractivity contribution is 5.67. The fraction of sp³-hybridized carbons (Fsp3) is 0.300. The first-order chi connectivity index (χ1) is 10.9. The molecule has 4 rings (SSSR count). The van der Waals surface area contributed by atoms with Gasteiger partial charge in [-0.25, -0.2) is 0 Å². The van der Waals surface area contributed by atoms with Crippen LogP contribution in [0.25, 0.3) is 5.57 Å². The number of benzene rings is 1. The van der Waals surface area contributed by atoms with E-state index in [4.69, 9.17) is 0 Å². The lowest BCUT2D eigenvalue weighted by molar-refractivity contribution is 0.245. The zero-order valence-corrected chi connectivity index (χ0v) is 12.9. The normalized spacial score (nSPS) is 18.1. The quantitative estimate of drug-likeness (QED) is 0.892. The van der Waals surface area contributed by atoms with Crippen LogP contribution in [0.2, 0.25) is 0 Å². The van der Waals surface area contributed by atoms with E-state index in [1.54, 1.807) is 0 Å². The van der Waals surface area contributed by atoms with Gasteiger partial charge in [0.1, 0.15) is 0 Å². The number of allylic oxidation sites excluding steroid dienone is 4. The van der Waals surface area contributed by atoms with Crippen LogP contribution in [-0.4, -0.2) is 16.4 Å². The van der Waals surface area contributed by atoms with Gasteiger partial charge in [-0.1, -0.05) is 48.6 Å². The van der Waals surface area contributed by atoms with E-state index in [1.807, 2.05) is 0 Å². The van der Waals surface area contributed by atoms with Gasteiger partial charge in [-0.05, 0) is 35.6 Å². The van der Waals surface area contributed by atoms with Crippen LogP contribution < -0.4 is 0 Å². The number of nitrogens with zero attached hydrogens (tertiary/aromatic N) is 1. The molecule has 0 bridgehead atoms. The Labute approximate surface area is 132 Å². The average molecular weight is 290 g/mol. The second-order valence-electron chi connectivity index (χ2n) is 6.29. The third-order valence-electron chi connectivity index (χ3n) is 4.67. The third kappa shape index (κ3) is 2.79. The lowest BCUT2D eigenvalue weighted by Gasteiger charge is -2.26. The summed E-state index contributed by atoms with van der Waals surface area (Å²) < 4.78 is 0. The van der Waals surface area contributed by atoms with Crippen molar-refractivity contribution in [2.75, 3.05) is 6.54 Å². The number of rotatable bonds is 3. The largest absolute Gasteiger partial charge is 0.358 e. The molecular weight excluding hydrogens is 268 g/mol. The van der Waals surface area contributed by atoms with Gasteiger partial charge in [0, 0.05) is 37.4 Å². The molecule has 1 N–H and O–H groups in total. The minimum absolute atomic E-state index is 1.05. The summed E-state index contributed by atoms with van der Waals surface area (Å²) in [6.45, 7) is 3.25. The second-order valence-corrected chi connectivity index (χ2v) is 6.29. The minimum Gasteiger partial charge on any atom is -0.358 e. The van der Waals surface area contributed by atoms with Gasteiger partial charge in [0.05, 0.1) is 0 Å². The predicted octanol–water partition coefficient (Wildman–Crippen LogP) is 4.31. The van der Waals surface area contributed by atoms with Gasteiger partial charge >= 0.3 is 0 Å². The van der Waals surface area contributed by atoms with Crippen molar-refractivity contribution in [2.24, 2.45) is 0 Å². The van der Waals surface area contributed by atoms with E-state index in [2.05, 4.69) is 64.5 Å². The summed E-state index contributed by atoms with van der Waals surface area (Å²) in [5, 5.41) is 0. The highest BCUT2D eigenvalue weighted by Gasteiger charge is 2.19.